The Bertz CT molecular complexity index is 319. The highest BCUT2D eigenvalue weighted by atomic mass is 32.1. The molecule has 1 rings (SSSR count). The molecule has 3 nitrogen and oxygen atoms in total. The summed E-state index contributed by atoms with van der Waals surface area (Å²) in [6, 6.07) is 3.18. The zero-order valence-electron chi connectivity index (χ0n) is 6.84. The largest absolute Gasteiger partial charge is 0.478 e. The van der Waals surface area contributed by atoms with Crippen molar-refractivity contribution in [2.45, 2.75) is 0 Å². The van der Waals surface area contributed by atoms with Crippen molar-refractivity contribution in [1.29, 1.82) is 0 Å². The van der Waals surface area contributed by atoms with E-state index in [1.807, 2.05) is 6.08 Å². The monoisotopic (exact) mass is 195 g/mol. The molecule has 0 aliphatic carbocycles. The maximum Gasteiger partial charge on any atom is 0.337 e. The van der Waals surface area contributed by atoms with Crippen molar-refractivity contribution in [3.8, 4) is 0 Å². The van der Waals surface area contributed by atoms with Gasteiger partial charge in [0.25, 0.3) is 0 Å². The average Bonchev–Trinajstić information content (AvgIpc) is 2.15. The van der Waals surface area contributed by atoms with Gasteiger partial charge >= 0.3 is 5.97 Å². The topological polar surface area (TPSA) is 50.2 Å². The molecule has 1 aromatic rings. The number of hydrogen-bond donors (Lipinski definition) is 2. The van der Waals surface area contributed by atoms with E-state index in [0.29, 0.717) is 5.75 Å². The van der Waals surface area contributed by atoms with Crippen LogP contribution in [0, 0.1) is 0 Å². The van der Waals surface area contributed by atoms with Crippen LogP contribution in [0.3, 0.4) is 0 Å². The second-order valence-electron chi connectivity index (χ2n) is 2.36. The van der Waals surface area contributed by atoms with Crippen molar-refractivity contribution < 1.29 is 9.90 Å². The van der Waals surface area contributed by atoms with Crippen LogP contribution in [0.2, 0.25) is 0 Å². The summed E-state index contributed by atoms with van der Waals surface area (Å²) >= 11 is 4.00. The minimum Gasteiger partial charge on any atom is -0.478 e. The standard InChI is InChI=1S/C9H9NO2S/c11-9(12)7-3-4-8(10-6-7)2-1-5-13/h1-4,6,13H,5H2,(H,11,12). The number of carboxylic acids is 1. The van der Waals surface area contributed by atoms with Gasteiger partial charge in [0.05, 0.1) is 11.3 Å². The molecule has 0 amide bonds. The van der Waals surface area contributed by atoms with Gasteiger partial charge in [-0.3, -0.25) is 4.98 Å². The summed E-state index contributed by atoms with van der Waals surface area (Å²) in [6.07, 6.45) is 4.96. The molecule has 0 aliphatic heterocycles. The maximum absolute atomic E-state index is 10.5. The molecule has 1 N–H and O–H groups in total. The number of carbonyl (C=O) groups is 1. The van der Waals surface area contributed by atoms with Crippen LogP contribution in [0.15, 0.2) is 24.4 Å². The number of rotatable bonds is 3. The van der Waals surface area contributed by atoms with Crippen LogP contribution < -0.4 is 0 Å². The molecule has 0 unspecified atom stereocenters. The highest BCUT2D eigenvalue weighted by molar-refractivity contribution is 7.80. The van der Waals surface area contributed by atoms with Crippen molar-refractivity contribution in [3.63, 3.8) is 0 Å². The lowest BCUT2D eigenvalue weighted by atomic mass is 10.2. The fourth-order valence-corrected chi connectivity index (χ4v) is 0.909. The Balaban J connectivity index is 2.81. The molecular weight excluding hydrogens is 186 g/mol. The molecule has 0 aromatic carbocycles. The maximum atomic E-state index is 10.5. The molecule has 1 heterocycles. The predicted molar refractivity (Wildman–Crippen MR) is 54.1 cm³/mol. The number of carboxylic acid groups (broad SMARTS) is 1. The van der Waals surface area contributed by atoms with Gasteiger partial charge < -0.3 is 5.11 Å². The third-order valence-electron chi connectivity index (χ3n) is 1.43. The van der Waals surface area contributed by atoms with E-state index in [4.69, 9.17) is 5.11 Å². The molecule has 0 atom stereocenters. The minimum absolute atomic E-state index is 0.197. The van der Waals surface area contributed by atoms with Gasteiger partial charge in [-0.05, 0) is 18.2 Å². The van der Waals surface area contributed by atoms with E-state index in [9.17, 15) is 4.79 Å². The van der Waals surface area contributed by atoms with Gasteiger partial charge in [-0.15, -0.1) is 0 Å². The molecule has 0 fully saturated rings. The highest BCUT2D eigenvalue weighted by Gasteiger charge is 2.00. The number of aromatic nitrogens is 1. The van der Waals surface area contributed by atoms with Gasteiger partial charge in [0, 0.05) is 11.9 Å². The van der Waals surface area contributed by atoms with Crippen LogP contribution in [0.5, 0.6) is 0 Å². The van der Waals surface area contributed by atoms with Crippen molar-refractivity contribution in [1.82, 2.24) is 4.98 Å². The summed E-state index contributed by atoms with van der Waals surface area (Å²) in [5.41, 5.74) is 0.932. The molecule has 4 heteroatoms. The van der Waals surface area contributed by atoms with Gasteiger partial charge in [-0.1, -0.05) is 6.08 Å². The molecule has 1 aromatic heterocycles. The van der Waals surface area contributed by atoms with Gasteiger partial charge in [-0.2, -0.15) is 12.6 Å². The number of nitrogens with zero attached hydrogens (tertiary/aromatic N) is 1. The lowest BCUT2D eigenvalue weighted by molar-refractivity contribution is 0.0696. The fourth-order valence-electron chi connectivity index (χ4n) is 0.804. The van der Waals surface area contributed by atoms with E-state index in [2.05, 4.69) is 17.6 Å². The Morgan fingerprint density at radius 3 is 2.85 bits per heavy atom. The Hall–Kier alpha value is -1.29. The number of thiol groups is 1. The summed E-state index contributed by atoms with van der Waals surface area (Å²) in [5, 5.41) is 8.58. The first-order valence-corrected chi connectivity index (χ1v) is 4.34. The molecule has 0 radical (unpaired) electrons. The van der Waals surface area contributed by atoms with E-state index in [-0.39, 0.29) is 5.56 Å². The van der Waals surface area contributed by atoms with E-state index in [1.165, 1.54) is 12.3 Å². The Labute approximate surface area is 81.5 Å². The average molecular weight is 195 g/mol. The van der Waals surface area contributed by atoms with Gasteiger partial charge in [0.15, 0.2) is 0 Å². The van der Waals surface area contributed by atoms with Gasteiger partial charge in [0.2, 0.25) is 0 Å². The molecule has 13 heavy (non-hydrogen) atoms. The zero-order chi connectivity index (χ0) is 9.68. The molecular formula is C9H9NO2S. The van der Waals surface area contributed by atoms with Crippen LogP contribution in [0.1, 0.15) is 16.1 Å². The minimum atomic E-state index is -0.961. The number of pyridine rings is 1. The predicted octanol–water partition coefficient (Wildman–Crippen LogP) is 1.72. The molecule has 0 bridgehead atoms. The van der Waals surface area contributed by atoms with Gasteiger partial charge in [0.1, 0.15) is 0 Å². The van der Waals surface area contributed by atoms with E-state index >= 15 is 0 Å². The smallest absolute Gasteiger partial charge is 0.337 e. The molecule has 68 valence electrons. The first-order valence-electron chi connectivity index (χ1n) is 3.71. The molecule has 0 saturated carbocycles. The highest BCUT2D eigenvalue weighted by Crippen LogP contribution is 2.02. The summed E-state index contributed by atoms with van der Waals surface area (Å²) < 4.78 is 0. The Morgan fingerprint density at radius 2 is 2.38 bits per heavy atom. The van der Waals surface area contributed by atoms with Crippen LogP contribution in [-0.4, -0.2) is 21.8 Å². The lowest BCUT2D eigenvalue weighted by Crippen LogP contribution is -1.96. The first-order chi connectivity index (χ1) is 6.24. The SMILES string of the molecule is O=C(O)c1ccc(C=CCS)nc1. The number of aromatic carboxylic acids is 1. The van der Waals surface area contributed by atoms with Crippen LogP contribution in [0.25, 0.3) is 6.08 Å². The van der Waals surface area contributed by atoms with Crippen molar-refractivity contribution >= 4 is 24.7 Å². The Kier molecular flexibility index (Phi) is 3.52. The normalized spacial score (nSPS) is 10.5. The van der Waals surface area contributed by atoms with E-state index in [0.717, 1.165) is 5.69 Å². The second kappa shape index (κ2) is 4.67. The fraction of sp³-hybridized carbons (Fsp3) is 0.111. The van der Waals surface area contributed by atoms with Crippen molar-refractivity contribution in [2.75, 3.05) is 5.75 Å². The second-order valence-corrected chi connectivity index (χ2v) is 2.73. The summed E-state index contributed by atoms with van der Waals surface area (Å²) in [5.74, 6) is -0.320. The third kappa shape index (κ3) is 2.91. The van der Waals surface area contributed by atoms with Crippen molar-refractivity contribution in [3.05, 3.63) is 35.7 Å². The quantitative estimate of drug-likeness (QED) is 0.722. The van der Waals surface area contributed by atoms with Crippen LogP contribution in [-0.2, 0) is 0 Å². The third-order valence-corrected chi connectivity index (χ3v) is 1.64. The summed E-state index contributed by atoms with van der Waals surface area (Å²) in [6.45, 7) is 0. The zero-order valence-corrected chi connectivity index (χ0v) is 7.74. The molecule has 0 spiro atoms. The Morgan fingerprint density at radius 1 is 1.62 bits per heavy atom. The summed E-state index contributed by atoms with van der Waals surface area (Å²) in [4.78, 5) is 14.4. The van der Waals surface area contributed by atoms with Crippen LogP contribution >= 0.6 is 12.6 Å². The molecule has 0 aliphatic rings. The van der Waals surface area contributed by atoms with Crippen LogP contribution in [0.4, 0.5) is 0 Å². The van der Waals surface area contributed by atoms with E-state index < -0.39 is 5.97 Å². The van der Waals surface area contributed by atoms with E-state index in [1.54, 1.807) is 12.1 Å². The lowest BCUT2D eigenvalue weighted by Gasteiger charge is -1.94. The summed E-state index contributed by atoms with van der Waals surface area (Å²) in [7, 11) is 0. The van der Waals surface area contributed by atoms with Gasteiger partial charge in [-0.25, -0.2) is 4.79 Å². The van der Waals surface area contributed by atoms with Crippen molar-refractivity contribution in [2.24, 2.45) is 0 Å². The first kappa shape index (κ1) is 9.80. The molecule has 0 saturated heterocycles. The number of hydrogen-bond acceptors (Lipinski definition) is 3.